The third-order valence-electron chi connectivity index (χ3n) is 4.42. The first-order valence-corrected chi connectivity index (χ1v) is 8.32. The summed E-state index contributed by atoms with van der Waals surface area (Å²) in [5.41, 5.74) is 0.829. The summed E-state index contributed by atoms with van der Waals surface area (Å²) in [7, 11) is 0. The number of ketones is 1. The number of hydrogen-bond donors (Lipinski definition) is 0. The number of nitrogens with zero attached hydrogens (tertiary/aromatic N) is 3. The number of benzene rings is 1. The van der Waals surface area contributed by atoms with E-state index in [1.807, 2.05) is 42.6 Å². The molecule has 1 aromatic carbocycles. The summed E-state index contributed by atoms with van der Waals surface area (Å²) in [5, 5.41) is 0. The lowest BCUT2D eigenvalue weighted by molar-refractivity contribution is 0.0900. The summed E-state index contributed by atoms with van der Waals surface area (Å²) in [5.74, 6) is 2.59. The fourth-order valence-electron chi connectivity index (χ4n) is 3.03. The number of piperidine rings is 1. The van der Waals surface area contributed by atoms with Crippen LogP contribution in [0.15, 0.2) is 42.6 Å². The van der Waals surface area contributed by atoms with E-state index in [-0.39, 0.29) is 11.7 Å². The Hall–Kier alpha value is -2.23. The summed E-state index contributed by atoms with van der Waals surface area (Å²) < 4.78 is 0. The zero-order valence-corrected chi connectivity index (χ0v) is 13.8. The maximum Gasteiger partial charge on any atom is 0.166 e. The minimum absolute atomic E-state index is 0.125. The van der Waals surface area contributed by atoms with E-state index in [4.69, 9.17) is 0 Å². The van der Waals surface area contributed by atoms with Crippen molar-refractivity contribution in [2.75, 3.05) is 18.0 Å². The number of anilines is 1. The van der Waals surface area contributed by atoms with Gasteiger partial charge in [-0.1, -0.05) is 44.2 Å². The van der Waals surface area contributed by atoms with Crippen LogP contribution >= 0.6 is 0 Å². The Morgan fingerprint density at radius 2 is 1.83 bits per heavy atom. The number of aromatic nitrogens is 2. The van der Waals surface area contributed by atoms with Gasteiger partial charge in [0.25, 0.3) is 0 Å². The predicted octanol–water partition coefficient (Wildman–Crippen LogP) is 3.70. The zero-order valence-electron chi connectivity index (χ0n) is 13.8. The number of Topliss-reactive ketones (excluding diaryl/α,β-unsaturated/α-hetero) is 1. The fourth-order valence-corrected chi connectivity index (χ4v) is 3.03. The topological polar surface area (TPSA) is 46.1 Å². The minimum atomic E-state index is 0.125. The van der Waals surface area contributed by atoms with Crippen molar-refractivity contribution in [1.29, 1.82) is 0 Å². The van der Waals surface area contributed by atoms with E-state index in [2.05, 4.69) is 28.7 Å². The van der Waals surface area contributed by atoms with Crippen molar-refractivity contribution in [2.45, 2.75) is 32.6 Å². The molecular formula is C19H23N3O. The molecule has 120 valence electrons. The Morgan fingerprint density at radius 1 is 1.13 bits per heavy atom. The molecule has 2 aromatic rings. The number of hydrogen-bond acceptors (Lipinski definition) is 4. The molecule has 23 heavy (non-hydrogen) atoms. The second-order valence-corrected chi connectivity index (χ2v) is 6.42. The lowest BCUT2D eigenvalue weighted by atomic mass is 9.89. The Kier molecular flexibility index (Phi) is 4.70. The van der Waals surface area contributed by atoms with E-state index < -0.39 is 0 Å². The van der Waals surface area contributed by atoms with E-state index in [0.29, 0.717) is 5.92 Å². The van der Waals surface area contributed by atoms with Crippen molar-refractivity contribution in [3.63, 3.8) is 0 Å². The van der Waals surface area contributed by atoms with Crippen molar-refractivity contribution < 1.29 is 4.79 Å². The summed E-state index contributed by atoms with van der Waals surface area (Å²) >= 11 is 0. The van der Waals surface area contributed by atoms with Crippen LogP contribution in [0.1, 0.15) is 48.8 Å². The van der Waals surface area contributed by atoms with Crippen molar-refractivity contribution in [3.05, 3.63) is 54.0 Å². The van der Waals surface area contributed by atoms with Crippen LogP contribution < -0.4 is 4.90 Å². The molecule has 0 saturated carbocycles. The van der Waals surface area contributed by atoms with Crippen molar-refractivity contribution in [1.82, 2.24) is 9.97 Å². The van der Waals surface area contributed by atoms with Gasteiger partial charge in [0, 0.05) is 36.7 Å². The molecule has 1 aromatic heterocycles. The second-order valence-electron chi connectivity index (χ2n) is 6.42. The zero-order chi connectivity index (χ0) is 16.2. The highest BCUT2D eigenvalue weighted by Gasteiger charge is 2.26. The van der Waals surface area contributed by atoms with Gasteiger partial charge in [-0.3, -0.25) is 4.79 Å². The number of carbonyl (C=O) groups is 1. The largest absolute Gasteiger partial charge is 0.356 e. The highest BCUT2D eigenvalue weighted by atomic mass is 16.1. The van der Waals surface area contributed by atoms with Crippen LogP contribution in [0, 0.1) is 5.92 Å². The van der Waals surface area contributed by atoms with Crippen LogP contribution in [0.5, 0.6) is 0 Å². The average molecular weight is 309 g/mol. The van der Waals surface area contributed by atoms with E-state index in [9.17, 15) is 4.79 Å². The maximum absolute atomic E-state index is 12.5. The third kappa shape index (κ3) is 3.58. The average Bonchev–Trinajstić information content (AvgIpc) is 2.62. The molecule has 3 rings (SSSR count). The highest BCUT2D eigenvalue weighted by molar-refractivity contribution is 5.97. The molecule has 4 heteroatoms. The van der Waals surface area contributed by atoms with Gasteiger partial charge in [0.15, 0.2) is 5.78 Å². The third-order valence-corrected chi connectivity index (χ3v) is 4.42. The SMILES string of the molecule is CC(C)c1nccc(N2CCC(C(=O)c3ccccc3)CC2)n1. The molecule has 0 radical (unpaired) electrons. The van der Waals surface area contributed by atoms with Crippen molar-refractivity contribution in [3.8, 4) is 0 Å². The van der Waals surface area contributed by atoms with Crippen LogP contribution in [0.4, 0.5) is 5.82 Å². The first-order chi connectivity index (χ1) is 11.1. The number of rotatable bonds is 4. The fraction of sp³-hybridized carbons (Fsp3) is 0.421. The molecule has 1 aliphatic heterocycles. The second kappa shape index (κ2) is 6.90. The molecule has 0 unspecified atom stereocenters. The molecule has 0 amide bonds. The quantitative estimate of drug-likeness (QED) is 0.808. The predicted molar refractivity (Wildman–Crippen MR) is 91.8 cm³/mol. The van der Waals surface area contributed by atoms with Crippen LogP contribution in [0.2, 0.25) is 0 Å². The van der Waals surface area contributed by atoms with E-state index in [1.54, 1.807) is 0 Å². The molecule has 1 fully saturated rings. The van der Waals surface area contributed by atoms with Gasteiger partial charge >= 0.3 is 0 Å². The van der Waals surface area contributed by atoms with Crippen molar-refractivity contribution in [2.24, 2.45) is 5.92 Å². The van der Waals surface area contributed by atoms with Gasteiger partial charge in [-0.25, -0.2) is 9.97 Å². The first kappa shape index (κ1) is 15.7. The molecule has 1 saturated heterocycles. The summed E-state index contributed by atoms with van der Waals surface area (Å²) in [6, 6.07) is 11.6. The smallest absolute Gasteiger partial charge is 0.166 e. The molecule has 0 spiro atoms. The lowest BCUT2D eigenvalue weighted by Crippen LogP contribution is -2.37. The lowest BCUT2D eigenvalue weighted by Gasteiger charge is -2.32. The van der Waals surface area contributed by atoms with Gasteiger partial charge in [-0.15, -0.1) is 0 Å². The molecule has 0 aliphatic carbocycles. The van der Waals surface area contributed by atoms with Crippen LogP contribution in [0.3, 0.4) is 0 Å². The molecule has 4 nitrogen and oxygen atoms in total. The van der Waals surface area contributed by atoms with Gasteiger partial charge in [-0.2, -0.15) is 0 Å². The Labute approximate surface area is 137 Å². The van der Waals surface area contributed by atoms with E-state index in [0.717, 1.165) is 43.1 Å². The van der Waals surface area contributed by atoms with Gasteiger partial charge in [0.2, 0.25) is 0 Å². The van der Waals surface area contributed by atoms with Gasteiger partial charge in [0.05, 0.1) is 0 Å². The van der Waals surface area contributed by atoms with E-state index >= 15 is 0 Å². The van der Waals surface area contributed by atoms with Crippen LogP contribution in [0.25, 0.3) is 0 Å². The van der Waals surface area contributed by atoms with E-state index in [1.165, 1.54) is 0 Å². The first-order valence-electron chi connectivity index (χ1n) is 8.32. The van der Waals surface area contributed by atoms with Gasteiger partial charge < -0.3 is 4.90 Å². The van der Waals surface area contributed by atoms with Gasteiger partial charge in [0.1, 0.15) is 11.6 Å². The van der Waals surface area contributed by atoms with Crippen LogP contribution in [-0.4, -0.2) is 28.8 Å². The molecule has 0 N–H and O–H groups in total. The highest BCUT2D eigenvalue weighted by Crippen LogP contribution is 2.25. The summed E-state index contributed by atoms with van der Waals surface area (Å²) in [6.07, 6.45) is 3.60. The van der Waals surface area contributed by atoms with Gasteiger partial charge in [-0.05, 0) is 18.9 Å². The van der Waals surface area contributed by atoms with Crippen molar-refractivity contribution >= 4 is 11.6 Å². The normalized spacial score (nSPS) is 15.9. The summed E-state index contributed by atoms with van der Waals surface area (Å²) in [6.45, 7) is 5.95. The Bertz CT molecular complexity index is 661. The Balaban J connectivity index is 1.64. The number of carbonyl (C=O) groups excluding carboxylic acids is 1. The molecular weight excluding hydrogens is 286 g/mol. The minimum Gasteiger partial charge on any atom is -0.356 e. The molecule has 0 atom stereocenters. The monoisotopic (exact) mass is 309 g/mol. The summed E-state index contributed by atoms with van der Waals surface area (Å²) in [4.78, 5) is 23.8. The Morgan fingerprint density at radius 3 is 2.48 bits per heavy atom. The maximum atomic E-state index is 12.5. The molecule has 1 aliphatic rings. The molecule has 0 bridgehead atoms. The molecule has 2 heterocycles. The van der Waals surface area contributed by atoms with Crippen LogP contribution in [-0.2, 0) is 0 Å². The standard InChI is InChI=1S/C19H23N3O/c1-14(2)19-20-11-8-17(21-19)22-12-9-16(10-13-22)18(23)15-6-4-3-5-7-15/h3-8,11,14,16H,9-10,12-13H2,1-2H3.